The first-order chi connectivity index (χ1) is 9.61. The summed E-state index contributed by atoms with van der Waals surface area (Å²) in [5.74, 6) is 1.08. The lowest BCUT2D eigenvalue weighted by atomic mass is 10.4. The molecule has 0 aromatic carbocycles. The number of aromatic nitrogens is 2. The normalized spacial score (nSPS) is 20.2. The zero-order chi connectivity index (χ0) is 14.5. The third-order valence-electron chi connectivity index (χ3n) is 2.72. The molecule has 9 heteroatoms. The maximum absolute atomic E-state index is 11.5. The van der Waals surface area contributed by atoms with Crippen molar-refractivity contribution in [3.63, 3.8) is 0 Å². The van der Waals surface area contributed by atoms with Gasteiger partial charge in [0, 0.05) is 20.7 Å². The molecule has 0 bridgehead atoms. The monoisotopic (exact) mass is 318 g/mol. The number of urea groups is 1. The summed E-state index contributed by atoms with van der Waals surface area (Å²) >= 11 is 2.98. The molecule has 1 aromatic heterocycles. The number of thioether (sulfide) groups is 1. The molecular formula is C11H18N4O3S2. The van der Waals surface area contributed by atoms with Crippen LogP contribution in [0.2, 0.25) is 0 Å². The molecule has 0 spiro atoms. The van der Waals surface area contributed by atoms with E-state index >= 15 is 0 Å². The Kier molecular flexibility index (Phi) is 5.44. The van der Waals surface area contributed by atoms with E-state index in [1.54, 1.807) is 25.9 Å². The van der Waals surface area contributed by atoms with Gasteiger partial charge in [0.2, 0.25) is 5.13 Å². The third kappa shape index (κ3) is 3.74. The van der Waals surface area contributed by atoms with Crippen LogP contribution in [0.5, 0.6) is 5.19 Å². The molecule has 2 unspecified atom stereocenters. The van der Waals surface area contributed by atoms with E-state index in [9.17, 15) is 4.79 Å². The van der Waals surface area contributed by atoms with Crippen molar-refractivity contribution in [3.05, 3.63) is 0 Å². The van der Waals surface area contributed by atoms with Crippen LogP contribution in [0.25, 0.3) is 0 Å². The SMILES string of the molecule is CNC(=O)N(C)c1nnc(OC(C)C2OCCCS2)s1. The van der Waals surface area contributed by atoms with Crippen LogP contribution in [0.1, 0.15) is 13.3 Å². The van der Waals surface area contributed by atoms with E-state index in [4.69, 9.17) is 9.47 Å². The van der Waals surface area contributed by atoms with Crippen LogP contribution in [0.4, 0.5) is 9.93 Å². The lowest BCUT2D eigenvalue weighted by Crippen LogP contribution is -2.34. The number of amides is 2. The number of rotatable bonds is 4. The van der Waals surface area contributed by atoms with E-state index in [0.29, 0.717) is 10.3 Å². The van der Waals surface area contributed by atoms with Crippen molar-refractivity contribution in [2.24, 2.45) is 0 Å². The summed E-state index contributed by atoms with van der Waals surface area (Å²) in [6.07, 6.45) is 0.972. The molecule has 1 aromatic rings. The fourth-order valence-corrected chi connectivity index (χ4v) is 3.41. The average molecular weight is 318 g/mol. The van der Waals surface area contributed by atoms with Crippen LogP contribution >= 0.6 is 23.1 Å². The number of hydrogen-bond donors (Lipinski definition) is 1. The largest absolute Gasteiger partial charge is 0.462 e. The van der Waals surface area contributed by atoms with Gasteiger partial charge in [0.15, 0.2) is 0 Å². The van der Waals surface area contributed by atoms with E-state index in [1.165, 1.54) is 16.2 Å². The first-order valence-corrected chi connectivity index (χ1v) is 8.17. The summed E-state index contributed by atoms with van der Waals surface area (Å²) < 4.78 is 11.4. The van der Waals surface area contributed by atoms with E-state index in [-0.39, 0.29) is 17.6 Å². The fraction of sp³-hybridized carbons (Fsp3) is 0.727. The van der Waals surface area contributed by atoms with Crippen molar-refractivity contribution in [2.75, 3.05) is 31.4 Å². The van der Waals surface area contributed by atoms with Gasteiger partial charge in [0.05, 0.1) is 0 Å². The lowest BCUT2D eigenvalue weighted by molar-refractivity contribution is 0.0302. The van der Waals surface area contributed by atoms with Crippen LogP contribution in [-0.4, -0.2) is 54.2 Å². The highest BCUT2D eigenvalue weighted by Crippen LogP contribution is 2.29. The summed E-state index contributed by atoms with van der Waals surface area (Å²) in [5.41, 5.74) is 0.0211. The van der Waals surface area contributed by atoms with Crippen molar-refractivity contribution in [2.45, 2.75) is 24.9 Å². The predicted molar refractivity (Wildman–Crippen MR) is 79.7 cm³/mol. The summed E-state index contributed by atoms with van der Waals surface area (Å²) in [6, 6.07) is -0.244. The molecule has 20 heavy (non-hydrogen) atoms. The van der Waals surface area contributed by atoms with Gasteiger partial charge >= 0.3 is 6.03 Å². The number of ether oxygens (including phenoxy) is 2. The van der Waals surface area contributed by atoms with Crippen LogP contribution in [0.3, 0.4) is 0 Å². The summed E-state index contributed by atoms with van der Waals surface area (Å²) in [5, 5.41) is 11.4. The summed E-state index contributed by atoms with van der Waals surface area (Å²) in [4.78, 5) is 12.9. The minimum Gasteiger partial charge on any atom is -0.462 e. The topological polar surface area (TPSA) is 76.6 Å². The number of hydrogen-bond acceptors (Lipinski definition) is 7. The van der Waals surface area contributed by atoms with Crippen LogP contribution < -0.4 is 15.0 Å². The molecule has 7 nitrogen and oxygen atoms in total. The molecule has 2 heterocycles. The molecule has 2 amide bonds. The molecule has 1 saturated heterocycles. The standard InChI is InChI=1S/C11H18N4O3S2/c1-7(8-17-5-4-6-19-8)18-11-14-13-10(20-11)15(3)9(16)12-2/h7-8H,4-6H2,1-3H3,(H,12,16). The quantitative estimate of drug-likeness (QED) is 0.908. The van der Waals surface area contributed by atoms with Gasteiger partial charge in [0.25, 0.3) is 5.19 Å². The molecule has 112 valence electrons. The molecule has 2 rings (SSSR count). The lowest BCUT2D eigenvalue weighted by Gasteiger charge is -2.26. The van der Waals surface area contributed by atoms with Crippen molar-refractivity contribution in [1.29, 1.82) is 0 Å². The predicted octanol–water partition coefficient (Wildman–Crippen LogP) is 1.56. The van der Waals surface area contributed by atoms with Crippen molar-refractivity contribution in [1.82, 2.24) is 15.5 Å². The Morgan fingerprint density at radius 1 is 1.60 bits per heavy atom. The second kappa shape index (κ2) is 7.09. The highest BCUT2D eigenvalue weighted by molar-refractivity contribution is 7.99. The van der Waals surface area contributed by atoms with E-state index in [0.717, 1.165) is 18.8 Å². The zero-order valence-corrected chi connectivity index (χ0v) is 13.3. The molecule has 0 radical (unpaired) electrons. The van der Waals surface area contributed by atoms with Crippen molar-refractivity contribution < 1.29 is 14.3 Å². The fourth-order valence-electron chi connectivity index (χ4n) is 1.63. The number of carbonyl (C=O) groups excluding carboxylic acids is 1. The Labute approximate surface area is 126 Å². The molecule has 1 fully saturated rings. The maximum atomic E-state index is 11.5. The molecular weight excluding hydrogens is 300 g/mol. The Morgan fingerprint density at radius 3 is 3.05 bits per heavy atom. The van der Waals surface area contributed by atoms with Gasteiger partial charge in [0.1, 0.15) is 11.5 Å². The Hall–Kier alpha value is -1.06. The minimum atomic E-state index is -0.244. The minimum absolute atomic E-state index is 0.0211. The Bertz CT molecular complexity index is 451. The smallest absolute Gasteiger partial charge is 0.323 e. The Balaban J connectivity index is 1.93. The highest BCUT2D eigenvalue weighted by Gasteiger charge is 2.24. The number of carbonyl (C=O) groups is 1. The average Bonchev–Trinajstić information content (AvgIpc) is 2.95. The van der Waals surface area contributed by atoms with Gasteiger partial charge in [-0.2, -0.15) is 0 Å². The number of nitrogens with zero attached hydrogens (tertiary/aromatic N) is 3. The highest BCUT2D eigenvalue weighted by atomic mass is 32.2. The van der Waals surface area contributed by atoms with Crippen LogP contribution in [0.15, 0.2) is 0 Å². The zero-order valence-electron chi connectivity index (χ0n) is 11.7. The summed E-state index contributed by atoms with van der Waals surface area (Å²) in [7, 11) is 3.20. The van der Waals surface area contributed by atoms with Gasteiger partial charge in [-0.05, 0) is 30.4 Å². The first-order valence-electron chi connectivity index (χ1n) is 6.30. The second-order valence-electron chi connectivity index (χ2n) is 4.25. The molecule has 1 N–H and O–H groups in total. The van der Waals surface area contributed by atoms with E-state index in [2.05, 4.69) is 15.5 Å². The van der Waals surface area contributed by atoms with Gasteiger partial charge in [-0.15, -0.1) is 16.9 Å². The van der Waals surface area contributed by atoms with Gasteiger partial charge in [-0.3, -0.25) is 4.90 Å². The van der Waals surface area contributed by atoms with Crippen molar-refractivity contribution >= 4 is 34.3 Å². The molecule has 0 aliphatic carbocycles. The molecule has 1 aliphatic heterocycles. The van der Waals surface area contributed by atoms with Gasteiger partial charge in [-0.25, -0.2) is 4.79 Å². The third-order valence-corrected chi connectivity index (χ3v) is 4.99. The van der Waals surface area contributed by atoms with Crippen LogP contribution in [0, 0.1) is 0 Å². The maximum Gasteiger partial charge on any atom is 0.323 e. The Morgan fingerprint density at radius 2 is 2.40 bits per heavy atom. The van der Waals surface area contributed by atoms with Crippen molar-refractivity contribution in [3.8, 4) is 5.19 Å². The van der Waals surface area contributed by atoms with E-state index < -0.39 is 0 Å². The first kappa shape index (κ1) is 15.3. The van der Waals surface area contributed by atoms with E-state index in [1.807, 2.05) is 6.92 Å². The second-order valence-corrected chi connectivity index (χ2v) is 6.38. The molecule has 1 aliphatic rings. The van der Waals surface area contributed by atoms with Gasteiger partial charge in [-0.1, -0.05) is 5.10 Å². The number of nitrogens with one attached hydrogen (secondary N) is 1. The van der Waals surface area contributed by atoms with Gasteiger partial charge < -0.3 is 14.8 Å². The molecule has 2 atom stereocenters. The number of anilines is 1. The summed E-state index contributed by atoms with van der Waals surface area (Å²) in [6.45, 7) is 2.72. The molecule has 0 saturated carbocycles. The van der Waals surface area contributed by atoms with Crippen LogP contribution in [-0.2, 0) is 4.74 Å².